The molecule has 0 saturated carbocycles. The van der Waals surface area contributed by atoms with Crippen LogP contribution in [0, 0.1) is 17.0 Å². The van der Waals surface area contributed by atoms with E-state index in [0.29, 0.717) is 12.1 Å². The quantitative estimate of drug-likeness (QED) is 0.680. The molecule has 0 aliphatic heterocycles. The first-order valence-corrected chi connectivity index (χ1v) is 6.65. The van der Waals surface area contributed by atoms with Crippen LogP contribution in [0.15, 0.2) is 24.4 Å². The smallest absolute Gasteiger partial charge is 0.313 e. The highest BCUT2D eigenvalue weighted by Crippen LogP contribution is 2.38. The fraction of sp³-hybridized carbons (Fsp3) is 0.154. The van der Waals surface area contributed by atoms with Crippen LogP contribution in [0.5, 0.6) is 11.6 Å². The fourth-order valence-corrected chi connectivity index (χ4v) is 2.00. The van der Waals surface area contributed by atoms with Crippen LogP contribution in [0.4, 0.5) is 5.69 Å². The van der Waals surface area contributed by atoms with Crippen LogP contribution >= 0.6 is 23.2 Å². The number of aromatic nitrogens is 1. The molecule has 0 aliphatic carbocycles. The molecule has 0 atom stereocenters. The van der Waals surface area contributed by atoms with Gasteiger partial charge in [0, 0.05) is 30.4 Å². The maximum absolute atomic E-state index is 11.0. The lowest BCUT2D eigenvalue weighted by Gasteiger charge is -2.09. The van der Waals surface area contributed by atoms with E-state index in [-0.39, 0.29) is 27.4 Å². The Kier molecular flexibility index (Phi) is 4.62. The third kappa shape index (κ3) is 3.41. The number of nitrogens with two attached hydrogens (primary N) is 1. The molecule has 6 nitrogen and oxygen atoms in total. The molecule has 0 unspecified atom stereocenters. The van der Waals surface area contributed by atoms with E-state index in [1.807, 2.05) is 0 Å². The van der Waals surface area contributed by atoms with Gasteiger partial charge in [-0.25, -0.2) is 4.98 Å². The minimum Gasteiger partial charge on any atom is -0.431 e. The highest BCUT2D eigenvalue weighted by molar-refractivity contribution is 6.42. The Hall–Kier alpha value is -1.89. The number of pyridine rings is 1. The summed E-state index contributed by atoms with van der Waals surface area (Å²) < 4.78 is 5.50. The molecule has 21 heavy (non-hydrogen) atoms. The monoisotopic (exact) mass is 327 g/mol. The molecule has 0 bridgehead atoms. The van der Waals surface area contributed by atoms with Crippen LogP contribution in [0.1, 0.15) is 11.1 Å². The minimum absolute atomic E-state index is 0.0227. The number of nitro benzene ring substituents is 1. The summed E-state index contributed by atoms with van der Waals surface area (Å²) in [4.78, 5) is 14.5. The Morgan fingerprint density at radius 1 is 1.33 bits per heavy atom. The van der Waals surface area contributed by atoms with Crippen molar-refractivity contribution in [1.82, 2.24) is 4.98 Å². The van der Waals surface area contributed by atoms with Crippen molar-refractivity contribution in [2.45, 2.75) is 13.5 Å². The van der Waals surface area contributed by atoms with Crippen molar-refractivity contribution < 1.29 is 9.66 Å². The van der Waals surface area contributed by atoms with Gasteiger partial charge >= 0.3 is 5.69 Å². The Morgan fingerprint density at radius 3 is 2.57 bits per heavy atom. The molecule has 0 aliphatic rings. The van der Waals surface area contributed by atoms with Gasteiger partial charge in [-0.3, -0.25) is 10.1 Å². The second-order valence-corrected chi connectivity index (χ2v) is 5.08. The molecule has 0 amide bonds. The van der Waals surface area contributed by atoms with E-state index < -0.39 is 4.92 Å². The Labute approximate surface area is 130 Å². The number of hydrogen-bond acceptors (Lipinski definition) is 5. The molecule has 0 fully saturated rings. The molecule has 110 valence electrons. The number of aryl methyl sites for hydroxylation is 1. The Bertz CT molecular complexity index is 707. The SMILES string of the molecule is Cc1cc(CN)cnc1Oc1cc(Cl)c(Cl)cc1[N+](=O)[O-]. The molecule has 1 aromatic carbocycles. The van der Waals surface area contributed by atoms with Crippen molar-refractivity contribution in [1.29, 1.82) is 0 Å². The van der Waals surface area contributed by atoms with Crippen LogP contribution in [0.2, 0.25) is 10.0 Å². The maximum Gasteiger partial charge on any atom is 0.313 e. The van der Waals surface area contributed by atoms with Crippen LogP contribution in [-0.2, 0) is 6.54 Å². The first-order chi connectivity index (χ1) is 9.92. The molecule has 2 rings (SSSR count). The van der Waals surface area contributed by atoms with Crippen LogP contribution < -0.4 is 10.5 Å². The molecule has 1 heterocycles. The number of rotatable bonds is 4. The van der Waals surface area contributed by atoms with Gasteiger partial charge in [0.1, 0.15) is 0 Å². The van der Waals surface area contributed by atoms with E-state index in [0.717, 1.165) is 11.6 Å². The lowest BCUT2D eigenvalue weighted by atomic mass is 10.2. The molecule has 0 spiro atoms. The van der Waals surface area contributed by atoms with Gasteiger partial charge in [0.25, 0.3) is 0 Å². The van der Waals surface area contributed by atoms with Crippen LogP contribution in [0.3, 0.4) is 0 Å². The predicted molar refractivity (Wildman–Crippen MR) is 80.1 cm³/mol. The molecule has 1 aromatic heterocycles. The van der Waals surface area contributed by atoms with Crippen LogP contribution in [-0.4, -0.2) is 9.91 Å². The van der Waals surface area contributed by atoms with Crippen molar-refractivity contribution >= 4 is 28.9 Å². The van der Waals surface area contributed by atoms with E-state index in [2.05, 4.69) is 4.98 Å². The maximum atomic E-state index is 11.0. The summed E-state index contributed by atoms with van der Waals surface area (Å²) in [5.74, 6) is 0.221. The highest BCUT2D eigenvalue weighted by atomic mass is 35.5. The summed E-state index contributed by atoms with van der Waals surface area (Å²) in [7, 11) is 0. The highest BCUT2D eigenvalue weighted by Gasteiger charge is 2.20. The normalized spacial score (nSPS) is 10.5. The summed E-state index contributed by atoms with van der Waals surface area (Å²) in [6, 6.07) is 4.23. The topological polar surface area (TPSA) is 91.3 Å². The zero-order valence-corrected chi connectivity index (χ0v) is 12.5. The zero-order chi connectivity index (χ0) is 15.6. The predicted octanol–water partition coefficient (Wildman–Crippen LogP) is 3.86. The zero-order valence-electron chi connectivity index (χ0n) is 11.0. The summed E-state index contributed by atoms with van der Waals surface area (Å²) >= 11 is 11.7. The Balaban J connectivity index is 2.43. The molecule has 8 heteroatoms. The lowest BCUT2D eigenvalue weighted by Crippen LogP contribution is -2.00. The Morgan fingerprint density at radius 2 is 2.00 bits per heavy atom. The van der Waals surface area contributed by atoms with Crippen molar-refractivity contribution in [2.75, 3.05) is 0 Å². The molecule has 2 N–H and O–H groups in total. The summed E-state index contributed by atoms with van der Waals surface area (Å²) in [6.07, 6.45) is 1.55. The van der Waals surface area contributed by atoms with Gasteiger partial charge in [0.05, 0.1) is 15.0 Å². The number of nitrogens with zero attached hydrogens (tertiary/aromatic N) is 2. The largest absolute Gasteiger partial charge is 0.431 e. The summed E-state index contributed by atoms with van der Waals surface area (Å²) in [5, 5.41) is 11.3. The fourth-order valence-electron chi connectivity index (χ4n) is 1.69. The van der Waals surface area contributed by atoms with Gasteiger partial charge in [0.15, 0.2) is 0 Å². The number of halogens is 2. The molecule has 2 aromatic rings. The standard InChI is InChI=1S/C13H11Cl2N3O3/c1-7-2-8(5-16)6-17-13(7)21-12-4-10(15)9(14)3-11(12)18(19)20/h2-4,6H,5,16H2,1H3. The number of ether oxygens (including phenoxy) is 1. The van der Waals surface area contributed by atoms with Gasteiger partial charge in [-0.2, -0.15) is 0 Å². The lowest BCUT2D eigenvalue weighted by molar-refractivity contribution is -0.385. The van der Waals surface area contributed by atoms with E-state index in [9.17, 15) is 10.1 Å². The van der Waals surface area contributed by atoms with Gasteiger partial charge in [-0.05, 0) is 18.6 Å². The second-order valence-electron chi connectivity index (χ2n) is 4.26. The third-order valence-corrected chi connectivity index (χ3v) is 3.45. The minimum atomic E-state index is -0.596. The number of benzene rings is 1. The summed E-state index contributed by atoms with van der Waals surface area (Å²) in [5.41, 5.74) is 6.78. The van der Waals surface area contributed by atoms with Crippen molar-refractivity contribution in [3.63, 3.8) is 0 Å². The van der Waals surface area contributed by atoms with Crippen molar-refractivity contribution in [2.24, 2.45) is 5.73 Å². The van der Waals surface area contributed by atoms with Crippen molar-refractivity contribution in [3.05, 3.63) is 55.7 Å². The van der Waals surface area contributed by atoms with Crippen LogP contribution in [0.25, 0.3) is 0 Å². The molecule has 0 saturated heterocycles. The molecular formula is C13H11Cl2N3O3. The first kappa shape index (κ1) is 15.5. The number of hydrogen-bond donors (Lipinski definition) is 1. The van der Waals surface area contributed by atoms with E-state index in [1.165, 1.54) is 6.07 Å². The number of nitro groups is 1. The molecular weight excluding hydrogens is 317 g/mol. The van der Waals surface area contributed by atoms with Gasteiger partial charge in [-0.1, -0.05) is 23.2 Å². The van der Waals surface area contributed by atoms with Gasteiger partial charge < -0.3 is 10.5 Å². The second kappa shape index (κ2) is 6.26. The van der Waals surface area contributed by atoms with Gasteiger partial charge in [0.2, 0.25) is 11.6 Å². The van der Waals surface area contributed by atoms with E-state index in [1.54, 1.807) is 19.2 Å². The van der Waals surface area contributed by atoms with Gasteiger partial charge in [-0.15, -0.1) is 0 Å². The third-order valence-electron chi connectivity index (χ3n) is 2.73. The van der Waals surface area contributed by atoms with E-state index >= 15 is 0 Å². The average Bonchev–Trinajstić information content (AvgIpc) is 2.44. The van der Waals surface area contributed by atoms with E-state index in [4.69, 9.17) is 33.7 Å². The molecule has 0 radical (unpaired) electrons. The average molecular weight is 328 g/mol. The van der Waals surface area contributed by atoms with Crippen molar-refractivity contribution in [3.8, 4) is 11.6 Å². The first-order valence-electron chi connectivity index (χ1n) is 5.89. The summed E-state index contributed by atoms with van der Waals surface area (Å²) in [6.45, 7) is 2.12.